The van der Waals surface area contributed by atoms with Crippen LogP contribution < -0.4 is 5.32 Å². The van der Waals surface area contributed by atoms with Crippen molar-refractivity contribution in [1.82, 2.24) is 10.2 Å². The van der Waals surface area contributed by atoms with Crippen LogP contribution in [0.4, 0.5) is 0 Å². The first kappa shape index (κ1) is 15.6. The largest absolute Gasteiger partial charge is 0.381 e. The molecule has 1 N–H and O–H groups in total. The number of hydrogen-bond donors (Lipinski definition) is 1. The molecule has 0 aromatic carbocycles. The Morgan fingerprint density at radius 1 is 1.45 bits per heavy atom. The van der Waals surface area contributed by atoms with E-state index in [9.17, 15) is 8.42 Å². The van der Waals surface area contributed by atoms with Crippen molar-refractivity contribution in [2.75, 3.05) is 51.4 Å². The zero-order chi connectivity index (χ0) is 14.6. The van der Waals surface area contributed by atoms with E-state index in [1.807, 2.05) is 0 Å². The van der Waals surface area contributed by atoms with Gasteiger partial charge in [0.25, 0.3) is 0 Å². The third-order valence-corrected chi connectivity index (χ3v) is 5.98. The Kier molecular flexibility index (Phi) is 4.90. The number of hydrogen-bond acceptors (Lipinski definition) is 4. The van der Waals surface area contributed by atoms with Crippen molar-refractivity contribution in [1.29, 1.82) is 0 Å². The van der Waals surface area contributed by atoms with Crippen molar-refractivity contribution in [3.8, 4) is 0 Å². The monoisotopic (exact) mass is 303 g/mol. The van der Waals surface area contributed by atoms with E-state index in [4.69, 9.17) is 4.74 Å². The minimum Gasteiger partial charge on any atom is -0.381 e. The molecule has 1 spiro atoms. The zero-order valence-corrected chi connectivity index (χ0v) is 13.2. The van der Waals surface area contributed by atoms with Gasteiger partial charge in [0, 0.05) is 44.5 Å². The van der Waals surface area contributed by atoms with Gasteiger partial charge in [-0.3, -0.25) is 4.99 Å². The van der Waals surface area contributed by atoms with E-state index in [1.54, 1.807) is 14.0 Å². The van der Waals surface area contributed by atoms with Gasteiger partial charge in [0.05, 0.1) is 12.4 Å². The fraction of sp³-hybridized carbons (Fsp3) is 0.923. The van der Waals surface area contributed by atoms with Gasteiger partial charge in [-0.2, -0.15) is 0 Å². The topological polar surface area (TPSA) is 71.0 Å². The molecule has 2 aliphatic rings. The molecule has 0 aromatic heterocycles. The number of rotatable bonds is 4. The van der Waals surface area contributed by atoms with Crippen LogP contribution >= 0.6 is 0 Å². The molecular weight excluding hydrogens is 278 g/mol. The maximum atomic E-state index is 11.5. The van der Waals surface area contributed by atoms with E-state index in [2.05, 4.69) is 15.2 Å². The van der Waals surface area contributed by atoms with Gasteiger partial charge < -0.3 is 15.0 Å². The quantitative estimate of drug-likeness (QED) is 0.589. The van der Waals surface area contributed by atoms with Crippen LogP contribution in [0.15, 0.2) is 4.99 Å². The van der Waals surface area contributed by atoms with Gasteiger partial charge in [-0.15, -0.1) is 0 Å². The lowest BCUT2D eigenvalue weighted by Gasteiger charge is -2.24. The zero-order valence-electron chi connectivity index (χ0n) is 12.4. The molecule has 0 amide bonds. The van der Waals surface area contributed by atoms with Gasteiger partial charge in [0.2, 0.25) is 0 Å². The summed E-state index contributed by atoms with van der Waals surface area (Å²) in [5.74, 6) is 1.15. The summed E-state index contributed by atoms with van der Waals surface area (Å²) in [6, 6.07) is 0. The second-order valence-electron chi connectivity index (χ2n) is 5.68. The van der Waals surface area contributed by atoms with Gasteiger partial charge in [-0.25, -0.2) is 8.42 Å². The van der Waals surface area contributed by atoms with Crippen LogP contribution in [0.5, 0.6) is 0 Å². The summed E-state index contributed by atoms with van der Waals surface area (Å²) in [4.78, 5) is 6.48. The molecule has 116 valence electrons. The lowest BCUT2D eigenvalue weighted by molar-refractivity contribution is 0.156. The van der Waals surface area contributed by atoms with Crippen LogP contribution in [0.25, 0.3) is 0 Å². The van der Waals surface area contributed by atoms with Crippen LogP contribution in [0, 0.1) is 5.41 Å². The van der Waals surface area contributed by atoms with Crippen molar-refractivity contribution in [2.45, 2.75) is 19.8 Å². The summed E-state index contributed by atoms with van der Waals surface area (Å²) < 4.78 is 28.5. The summed E-state index contributed by atoms with van der Waals surface area (Å²) in [7, 11) is -1.18. The van der Waals surface area contributed by atoms with Crippen LogP contribution in [0.3, 0.4) is 0 Å². The molecule has 6 nitrogen and oxygen atoms in total. The number of nitrogens with one attached hydrogen (secondary N) is 1. The van der Waals surface area contributed by atoms with Gasteiger partial charge in [-0.05, 0) is 12.8 Å². The molecule has 2 rings (SSSR count). The minimum atomic E-state index is -2.93. The predicted molar refractivity (Wildman–Crippen MR) is 79.7 cm³/mol. The molecule has 1 unspecified atom stereocenters. The maximum absolute atomic E-state index is 11.5. The molecule has 0 aliphatic carbocycles. The lowest BCUT2D eigenvalue weighted by Crippen LogP contribution is -2.43. The van der Waals surface area contributed by atoms with Crippen LogP contribution in [0.1, 0.15) is 19.8 Å². The molecule has 2 saturated heterocycles. The molecule has 2 fully saturated rings. The Balaban J connectivity index is 1.84. The molecule has 0 aromatic rings. The second-order valence-corrected chi connectivity index (χ2v) is 8.16. The Labute approximate surface area is 121 Å². The number of guanidine groups is 1. The van der Waals surface area contributed by atoms with Crippen molar-refractivity contribution in [3.63, 3.8) is 0 Å². The highest BCUT2D eigenvalue weighted by atomic mass is 32.2. The van der Waals surface area contributed by atoms with E-state index in [0.717, 1.165) is 45.1 Å². The normalized spacial score (nSPS) is 27.5. The van der Waals surface area contributed by atoms with Crippen molar-refractivity contribution in [3.05, 3.63) is 0 Å². The molecular formula is C13H25N3O3S. The SMILES string of the molecule is CCS(=O)(=O)CCNC(=NC)N1CCC2(CCOC2)C1. The predicted octanol–water partition coefficient (Wildman–Crippen LogP) is 0.109. The summed E-state index contributed by atoms with van der Waals surface area (Å²) in [6.45, 7) is 5.70. The second kappa shape index (κ2) is 6.30. The first-order valence-electron chi connectivity index (χ1n) is 7.24. The average molecular weight is 303 g/mol. The van der Waals surface area contributed by atoms with Gasteiger partial charge in [-0.1, -0.05) is 6.92 Å². The Bertz CT molecular complexity index is 455. The fourth-order valence-electron chi connectivity index (χ4n) is 2.88. The molecule has 0 bridgehead atoms. The lowest BCUT2D eigenvalue weighted by atomic mass is 9.87. The summed E-state index contributed by atoms with van der Waals surface area (Å²) in [6.07, 6.45) is 2.24. The highest BCUT2D eigenvalue weighted by molar-refractivity contribution is 7.91. The first-order valence-corrected chi connectivity index (χ1v) is 9.06. The van der Waals surface area contributed by atoms with Crippen LogP contribution in [-0.2, 0) is 14.6 Å². The number of sulfone groups is 1. The Morgan fingerprint density at radius 3 is 2.85 bits per heavy atom. The molecule has 0 radical (unpaired) electrons. The molecule has 2 aliphatic heterocycles. The molecule has 0 saturated carbocycles. The van der Waals surface area contributed by atoms with Gasteiger partial charge in [0.1, 0.15) is 0 Å². The van der Waals surface area contributed by atoms with Crippen LogP contribution in [0.2, 0.25) is 0 Å². The standard InChI is InChI=1S/C13H25N3O3S/c1-3-20(17,18)9-6-15-12(14-2)16-7-4-13(10-16)5-8-19-11-13/h3-11H2,1-2H3,(H,14,15). The number of ether oxygens (including phenoxy) is 1. The number of nitrogens with zero attached hydrogens (tertiary/aromatic N) is 2. The van der Waals surface area contributed by atoms with E-state index < -0.39 is 9.84 Å². The summed E-state index contributed by atoms with van der Waals surface area (Å²) >= 11 is 0. The Morgan fingerprint density at radius 2 is 2.25 bits per heavy atom. The van der Waals surface area contributed by atoms with Gasteiger partial charge >= 0.3 is 0 Å². The van der Waals surface area contributed by atoms with E-state index in [0.29, 0.717) is 6.54 Å². The number of likely N-dealkylation sites (tertiary alicyclic amines) is 1. The van der Waals surface area contributed by atoms with Crippen molar-refractivity contribution < 1.29 is 13.2 Å². The third kappa shape index (κ3) is 3.63. The molecule has 1 atom stereocenters. The first-order chi connectivity index (χ1) is 9.50. The van der Waals surface area contributed by atoms with E-state index in [1.165, 1.54) is 0 Å². The molecule has 7 heteroatoms. The average Bonchev–Trinajstić information content (AvgIpc) is 3.06. The van der Waals surface area contributed by atoms with Gasteiger partial charge in [0.15, 0.2) is 15.8 Å². The van der Waals surface area contributed by atoms with E-state index >= 15 is 0 Å². The fourth-order valence-corrected chi connectivity index (χ4v) is 3.58. The summed E-state index contributed by atoms with van der Waals surface area (Å²) in [5, 5.41) is 3.16. The highest BCUT2D eigenvalue weighted by Gasteiger charge is 2.42. The van der Waals surface area contributed by atoms with Crippen molar-refractivity contribution in [2.24, 2.45) is 10.4 Å². The number of aliphatic imine (C=N–C) groups is 1. The van der Waals surface area contributed by atoms with Crippen molar-refractivity contribution >= 4 is 15.8 Å². The molecule has 20 heavy (non-hydrogen) atoms. The molecule has 2 heterocycles. The Hall–Kier alpha value is -0.820. The smallest absolute Gasteiger partial charge is 0.193 e. The van der Waals surface area contributed by atoms with Crippen LogP contribution in [-0.4, -0.2) is 70.7 Å². The minimum absolute atomic E-state index is 0.157. The highest BCUT2D eigenvalue weighted by Crippen LogP contribution is 2.38. The van der Waals surface area contributed by atoms with E-state index in [-0.39, 0.29) is 16.9 Å². The third-order valence-electron chi connectivity index (χ3n) is 4.27. The maximum Gasteiger partial charge on any atom is 0.193 e. The summed E-state index contributed by atoms with van der Waals surface area (Å²) in [5.41, 5.74) is 0.285.